The predicted molar refractivity (Wildman–Crippen MR) is 144 cm³/mol. The molecule has 3 aliphatic rings. The number of fused-ring (bicyclic) bond motifs is 3. The number of aromatic nitrogens is 1. The Morgan fingerprint density at radius 3 is 2.92 bits per heavy atom. The number of benzene rings is 1. The SMILES string of the molecule is C=C(Cl)/C=C\C=C(/F)[C@H]1[C@@H]2C(=O)NCC[C@@H]2N(Cc2cccc(OCC)c2)[C@@]12C(=O)Nc1nc(Cl)ccc12. The van der Waals surface area contributed by atoms with E-state index in [0.29, 0.717) is 30.9 Å². The maximum Gasteiger partial charge on any atom is 0.251 e. The van der Waals surface area contributed by atoms with E-state index in [9.17, 15) is 9.59 Å². The molecule has 7 nitrogen and oxygen atoms in total. The molecule has 0 aliphatic carbocycles. The molecule has 2 fully saturated rings. The topological polar surface area (TPSA) is 83.6 Å². The van der Waals surface area contributed by atoms with Crippen LogP contribution in [-0.4, -0.2) is 40.9 Å². The molecule has 2 aromatic rings. The van der Waals surface area contributed by atoms with E-state index >= 15 is 4.39 Å². The van der Waals surface area contributed by atoms with E-state index in [0.717, 1.165) is 5.56 Å². The molecule has 1 aromatic carbocycles. The first-order valence-corrected chi connectivity index (χ1v) is 13.2. The number of anilines is 1. The summed E-state index contributed by atoms with van der Waals surface area (Å²) in [6.45, 7) is 6.69. The highest BCUT2D eigenvalue weighted by Crippen LogP contribution is 2.59. The summed E-state index contributed by atoms with van der Waals surface area (Å²) in [7, 11) is 0. The van der Waals surface area contributed by atoms with Gasteiger partial charge in [-0.3, -0.25) is 14.5 Å². The molecule has 2 saturated heterocycles. The van der Waals surface area contributed by atoms with Gasteiger partial charge in [-0.15, -0.1) is 0 Å². The number of likely N-dealkylation sites (tertiary alicyclic amines) is 1. The molecule has 198 valence electrons. The molecule has 0 saturated carbocycles. The minimum atomic E-state index is -1.54. The second-order valence-electron chi connectivity index (χ2n) is 9.47. The maximum atomic E-state index is 16.3. The summed E-state index contributed by atoms with van der Waals surface area (Å²) >= 11 is 12.0. The van der Waals surface area contributed by atoms with Gasteiger partial charge in [-0.25, -0.2) is 9.37 Å². The van der Waals surface area contributed by atoms with E-state index in [1.165, 1.54) is 18.2 Å². The van der Waals surface area contributed by atoms with Gasteiger partial charge < -0.3 is 15.4 Å². The lowest BCUT2D eigenvalue weighted by Gasteiger charge is -2.39. The molecule has 0 radical (unpaired) electrons. The number of amides is 2. The fourth-order valence-electron chi connectivity index (χ4n) is 6.05. The summed E-state index contributed by atoms with van der Waals surface area (Å²) in [5, 5.41) is 6.12. The fourth-order valence-corrected chi connectivity index (χ4v) is 6.27. The molecular formula is C28H27Cl2FN4O3. The Kier molecular flexibility index (Phi) is 7.31. The molecule has 2 amide bonds. The third kappa shape index (κ3) is 4.40. The summed E-state index contributed by atoms with van der Waals surface area (Å²) in [5.74, 6) is -2.37. The first-order chi connectivity index (χ1) is 18.3. The maximum absolute atomic E-state index is 16.3. The van der Waals surface area contributed by atoms with Crippen molar-refractivity contribution in [3.05, 3.63) is 88.3 Å². The Morgan fingerprint density at radius 1 is 1.34 bits per heavy atom. The molecule has 3 aliphatic heterocycles. The van der Waals surface area contributed by atoms with Crippen molar-refractivity contribution in [2.45, 2.75) is 31.5 Å². The number of pyridine rings is 1. The molecule has 10 heteroatoms. The lowest BCUT2D eigenvalue weighted by molar-refractivity contribution is -0.129. The molecule has 4 atom stereocenters. The van der Waals surface area contributed by atoms with Crippen LogP contribution in [0.1, 0.15) is 24.5 Å². The first-order valence-electron chi connectivity index (χ1n) is 12.4. The van der Waals surface area contributed by atoms with Crippen LogP contribution in [-0.2, 0) is 21.7 Å². The summed E-state index contributed by atoms with van der Waals surface area (Å²) < 4.78 is 22.0. The van der Waals surface area contributed by atoms with Crippen LogP contribution in [0.15, 0.2) is 72.1 Å². The largest absolute Gasteiger partial charge is 0.494 e. The monoisotopic (exact) mass is 556 g/mol. The Balaban J connectivity index is 1.72. The Hall–Kier alpha value is -3.20. The smallest absolute Gasteiger partial charge is 0.251 e. The zero-order chi connectivity index (χ0) is 27.0. The molecular weight excluding hydrogens is 530 g/mol. The van der Waals surface area contributed by atoms with Crippen LogP contribution < -0.4 is 15.4 Å². The highest BCUT2D eigenvalue weighted by Gasteiger charge is 2.69. The van der Waals surface area contributed by atoms with Crippen LogP contribution in [0.3, 0.4) is 0 Å². The van der Waals surface area contributed by atoms with Crippen molar-refractivity contribution >= 4 is 40.8 Å². The van der Waals surface area contributed by atoms with Gasteiger partial charge in [0.25, 0.3) is 5.91 Å². The number of nitrogens with zero attached hydrogens (tertiary/aromatic N) is 2. The third-order valence-corrected chi connectivity index (χ3v) is 7.70. The highest BCUT2D eigenvalue weighted by atomic mass is 35.5. The number of hydrogen-bond donors (Lipinski definition) is 2. The van der Waals surface area contributed by atoms with Gasteiger partial charge in [0, 0.05) is 29.7 Å². The van der Waals surface area contributed by atoms with Crippen LogP contribution >= 0.6 is 23.2 Å². The van der Waals surface area contributed by atoms with Crippen molar-refractivity contribution in [2.75, 3.05) is 18.5 Å². The molecule has 5 rings (SSSR count). The molecule has 0 unspecified atom stereocenters. The molecule has 2 N–H and O–H groups in total. The van der Waals surface area contributed by atoms with Gasteiger partial charge in [0.2, 0.25) is 5.91 Å². The van der Waals surface area contributed by atoms with Gasteiger partial charge in [0.05, 0.1) is 18.4 Å². The number of hydrogen-bond acceptors (Lipinski definition) is 5. The van der Waals surface area contributed by atoms with E-state index in [1.807, 2.05) is 36.1 Å². The second kappa shape index (κ2) is 10.5. The van der Waals surface area contributed by atoms with Crippen molar-refractivity contribution in [3.8, 4) is 5.75 Å². The number of carbonyl (C=O) groups excluding carboxylic acids is 2. The van der Waals surface area contributed by atoms with E-state index < -0.39 is 35.2 Å². The quantitative estimate of drug-likeness (QED) is 0.367. The fraction of sp³-hybridized carbons (Fsp3) is 0.321. The zero-order valence-corrected chi connectivity index (χ0v) is 22.2. The number of piperidine rings is 1. The van der Waals surface area contributed by atoms with Crippen LogP contribution in [0, 0.1) is 11.8 Å². The van der Waals surface area contributed by atoms with Gasteiger partial charge in [-0.2, -0.15) is 0 Å². The summed E-state index contributed by atoms with van der Waals surface area (Å²) in [4.78, 5) is 33.7. The van der Waals surface area contributed by atoms with Gasteiger partial charge >= 0.3 is 0 Å². The van der Waals surface area contributed by atoms with Crippen molar-refractivity contribution in [1.82, 2.24) is 15.2 Å². The van der Waals surface area contributed by atoms with Crippen molar-refractivity contribution in [2.24, 2.45) is 11.8 Å². The van der Waals surface area contributed by atoms with Crippen molar-refractivity contribution in [3.63, 3.8) is 0 Å². The number of rotatable bonds is 7. The van der Waals surface area contributed by atoms with Gasteiger partial charge in [0.1, 0.15) is 28.1 Å². The average molecular weight is 557 g/mol. The predicted octanol–water partition coefficient (Wildman–Crippen LogP) is 5.08. The van der Waals surface area contributed by atoms with Crippen LogP contribution in [0.5, 0.6) is 5.75 Å². The van der Waals surface area contributed by atoms with Crippen LogP contribution in [0.2, 0.25) is 5.15 Å². The highest BCUT2D eigenvalue weighted by molar-refractivity contribution is 6.30. The zero-order valence-electron chi connectivity index (χ0n) is 20.7. The lowest BCUT2D eigenvalue weighted by Crippen LogP contribution is -2.52. The Morgan fingerprint density at radius 2 is 2.16 bits per heavy atom. The molecule has 0 bridgehead atoms. The summed E-state index contributed by atoms with van der Waals surface area (Å²) in [6, 6.07) is 10.4. The van der Waals surface area contributed by atoms with Gasteiger partial charge in [-0.05, 0) is 55.3 Å². The average Bonchev–Trinajstić information content (AvgIpc) is 3.32. The molecule has 1 spiro atoms. The number of ether oxygens (including phenoxy) is 1. The minimum absolute atomic E-state index is 0.196. The minimum Gasteiger partial charge on any atom is -0.494 e. The standard InChI is InChI=1S/C28H27Cl2FN4O3/c1-3-38-18-8-5-7-17(14-18)15-35-21-12-13-32-26(36)23(21)24(20(31)9-4-6-16(2)29)28(35)19-10-11-22(30)33-25(19)34-27(28)37/h4-11,14,21,23-24H,2-3,12-13,15H2,1H3,(H,32,36)(H,33,34,37)/b6-4-,20-9-/t21-,23+,24-,28+/m0/s1. The summed E-state index contributed by atoms with van der Waals surface area (Å²) in [5.41, 5.74) is -0.196. The van der Waals surface area contributed by atoms with Gasteiger partial charge in [0.15, 0.2) is 0 Å². The van der Waals surface area contributed by atoms with Crippen LogP contribution in [0.25, 0.3) is 0 Å². The summed E-state index contributed by atoms with van der Waals surface area (Å²) in [6.07, 6.45) is 4.66. The Labute approximate surface area is 230 Å². The van der Waals surface area contributed by atoms with E-state index in [-0.39, 0.29) is 28.5 Å². The molecule has 4 heterocycles. The number of carbonyl (C=O) groups is 2. The van der Waals surface area contributed by atoms with Crippen LogP contribution in [0.4, 0.5) is 10.2 Å². The third-order valence-electron chi connectivity index (χ3n) is 7.36. The number of nitrogens with one attached hydrogen (secondary N) is 2. The molecule has 1 aromatic heterocycles. The van der Waals surface area contributed by atoms with Gasteiger partial charge in [-0.1, -0.05) is 48.0 Å². The van der Waals surface area contributed by atoms with E-state index in [2.05, 4.69) is 22.2 Å². The van der Waals surface area contributed by atoms with Crippen molar-refractivity contribution < 1.29 is 18.7 Å². The normalized spacial score (nSPS) is 26.8. The number of halogens is 3. The van der Waals surface area contributed by atoms with Crippen molar-refractivity contribution in [1.29, 1.82) is 0 Å². The lowest BCUT2D eigenvalue weighted by atomic mass is 9.73. The Bertz CT molecular complexity index is 1360. The number of allylic oxidation sites excluding steroid dienone is 4. The van der Waals surface area contributed by atoms with E-state index in [4.69, 9.17) is 27.9 Å². The van der Waals surface area contributed by atoms with E-state index in [1.54, 1.807) is 12.1 Å². The first kappa shape index (κ1) is 26.4. The second-order valence-corrected chi connectivity index (χ2v) is 10.3. The molecule has 38 heavy (non-hydrogen) atoms.